The summed E-state index contributed by atoms with van der Waals surface area (Å²) in [4.78, 5) is 0. The van der Waals surface area contributed by atoms with E-state index in [2.05, 4.69) is 38.1 Å². The lowest BCUT2D eigenvalue weighted by Gasteiger charge is -2.24. The molecule has 0 aliphatic heterocycles. The average molecular weight is 805 g/mol. The van der Waals surface area contributed by atoms with E-state index < -0.39 is 0 Å². The molecule has 0 amide bonds. The molecule has 0 atom stereocenters. The zero-order chi connectivity index (χ0) is 41.8. The van der Waals surface area contributed by atoms with Crippen molar-refractivity contribution in [3.05, 3.63) is 165 Å². The highest BCUT2D eigenvalue weighted by molar-refractivity contribution is 5.65. The van der Waals surface area contributed by atoms with Gasteiger partial charge in [0, 0.05) is 92.9 Å². The lowest BCUT2D eigenvalue weighted by Crippen LogP contribution is -2.11. The van der Waals surface area contributed by atoms with E-state index in [1.54, 1.807) is 0 Å². The van der Waals surface area contributed by atoms with Crippen molar-refractivity contribution >= 4 is 22.7 Å². The van der Waals surface area contributed by atoms with Crippen LogP contribution in [0.2, 0.25) is 0 Å². The van der Waals surface area contributed by atoms with Crippen LogP contribution < -0.4 is 41.9 Å². The highest BCUT2D eigenvalue weighted by atomic mass is 16.5. The number of nitrogens with two attached hydrogens (primary N) is 4. The zero-order valence-electron chi connectivity index (χ0n) is 35.2. The van der Waals surface area contributed by atoms with Crippen LogP contribution in [0.5, 0.6) is 23.0 Å². The van der Waals surface area contributed by atoms with Gasteiger partial charge in [-0.1, -0.05) is 100 Å². The van der Waals surface area contributed by atoms with Crippen molar-refractivity contribution in [2.45, 2.75) is 91.3 Å². The second-order valence-corrected chi connectivity index (χ2v) is 16.0. The Balaban J connectivity index is 1.45. The molecule has 8 nitrogen and oxygen atoms in total. The van der Waals surface area contributed by atoms with E-state index in [1.165, 1.54) is 0 Å². The van der Waals surface area contributed by atoms with E-state index in [0.29, 0.717) is 74.9 Å². The van der Waals surface area contributed by atoms with Gasteiger partial charge in [-0.15, -0.1) is 0 Å². The van der Waals surface area contributed by atoms with Crippen molar-refractivity contribution in [3.63, 3.8) is 0 Å². The molecule has 0 aromatic heterocycles. The molecule has 0 saturated heterocycles. The molecular formula is C52H60N4O4. The number of unbranched alkanes of at least 4 members (excludes halogenated alkanes) is 4. The van der Waals surface area contributed by atoms with E-state index in [0.717, 1.165) is 117 Å². The van der Waals surface area contributed by atoms with Gasteiger partial charge in [-0.3, -0.25) is 0 Å². The molecule has 0 spiro atoms. The fourth-order valence-electron chi connectivity index (χ4n) is 8.25. The molecule has 1 aliphatic carbocycles. The van der Waals surface area contributed by atoms with Crippen molar-refractivity contribution < 1.29 is 18.9 Å². The third-order valence-corrected chi connectivity index (χ3v) is 11.0. The normalized spacial score (nSPS) is 12.2. The minimum absolute atomic E-state index is 0.387. The van der Waals surface area contributed by atoms with E-state index in [4.69, 9.17) is 41.9 Å². The minimum Gasteiger partial charge on any atom is -0.493 e. The number of hydrogen-bond acceptors (Lipinski definition) is 8. The van der Waals surface area contributed by atoms with Gasteiger partial charge in [0.05, 0.1) is 13.2 Å². The first kappa shape index (κ1) is 41.9. The minimum atomic E-state index is 0.387. The number of ether oxygens (including phenoxy) is 4. The standard InChI is InChI=1S/C52H60N4O4/c1-3-5-13-19-57-49-37-21-41-29-47(55)31-43(51(41)59-33-35-15-9-7-10-16-35)23-39-27-46(54)28-40(50(39)58-20-14-6-4-2)24-44-32-48(56)30-42(22-38(49)26-45(53)25-37)52(44)60-34-36-17-11-8-12-18-36/h7-12,15-18,25-32H,3-6,13-14,19-24,33-34,53-56H2,1-2H3. The summed E-state index contributed by atoms with van der Waals surface area (Å²) < 4.78 is 27.3. The first-order valence-electron chi connectivity index (χ1n) is 21.5. The van der Waals surface area contributed by atoms with Gasteiger partial charge >= 0.3 is 0 Å². The van der Waals surface area contributed by atoms with Gasteiger partial charge in [0.1, 0.15) is 36.2 Å². The summed E-state index contributed by atoms with van der Waals surface area (Å²) >= 11 is 0. The third-order valence-electron chi connectivity index (χ3n) is 11.0. The van der Waals surface area contributed by atoms with E-state index >= 15 is 0 Å². The van der Waals surface area contributed by atoms with E-state index in [9.17, 15) is 0 Å². The Bertz CT molecular complexity index is 2100. The van der Waals surface area contributed by atoms with Crippen LogP contribution in [0.3, 0.4) is 0 Å². The Morgan fingerprint density at radius 2 is 0.633 bits per heavy atom. The first-order chi connectivity index (χ1) is 29.3. The fourth-order valence-corrected chi connectivity index (χ4v) is 8.25. The smallest absolute Gasteiger partial charge is 0.127 e. The number of anilines is 4. The van der Waals surface area contributed by atoms with Crippen LogP contribution >= 0.6 is 0 Å². The Labute approximate surface area is 355 Å². The number of fused-ring (bicyclic) bond motifs is 8. The van der Waals surface area contributed by atoms with Crippen molar-refractivity contribution in [2.75, 3.05) is 36.1 Å². The first-order valence-corrected chi connectivity index (χ1v) is 21.5. The SMILES string of the molecule is CCCCCOc1c2cc(N)cc1Cc1cc(N)cc(c1OCc1ccccc1)Cc1cc(N)cc(c1OCCCCC)Cc1cc(N)cc(c1OCc1ccccc1)C2. The van der Waals surface area contributed by atoms with Gasteiger partial charge in [-0.25, -0.2) is 0 Å². The van der Waals surface area contributed by atoms with Crippen LogP contribution in [0.25, 0.3) is 0 Å². The number of rotatable bonds is 16. The molecule has 0 fully saturated rings. The molecule has 60 heavy (non-hydrogen) atoms. The summed E-state index contributed by atoms with van der Waals surface area (Å²) in [6.07, 6.45) is 8.10. The lowest BCUT2D eigenvalue weighted by molar-refractivity contribution is 0.294. The molecule has 0 heterocycles. The Morgan fingerprint density at radius 1 is 0.367 bits per heavy atom. The molecule has 6 aromatic carbocycles. The summed E-state index contributed by atoms with van der Waals surface area (Å²) in [7, 11) is 0. The molecule has 312 valence electrons. The molecule has 8 bridgehead atoms. The second kappa shape index (κ2) is 20.1. The largest absolute Gasteiger partial charge is 0.493 e. The quantitative estimate of drug-likeness (QED) is 0.0559. The van der Waals surface area contributed by atoms with Gasteiger partial charge in [-0.05, 0) is 72.5 Å². The molecule has 1 aliphatic rings. The average Bonchev–Trinajstić information content (AvgIpc) is 3.22. The monoisotopic (exact) mass is 804 g/mol. The maximum Gasteiger partial charge on any atom is 0.127 e. The fraction of sp³-hybridized carbons (Fsp3) is 0.308. The molecule has 0 saturated carbocycles. The van der Waals surface area contributed by atoms with Gasteiger partial charge in [-0.2, -0.15) is 0 Å². The van der Waals surface area contributed by atoms with Crippen LogP contribution in [0.1, 0.15) is 108 Å². The van der Waals surface area contributed by atoms with Crippen LogP contribution in [0.15, 0.2) is 109 Å². The van der Waals surface area contributed by atoms with Crippen molar-refractivity contribution in [1.82, 2.24) is 0 Å². The summed E-state index contributed by atoms with van der Waals surface area (Å²) in [5, 5.41) is 0. The third kappa shape index (κ3) is 10.7. The predicted molar refractivity (Wildman–Crippen MR) is 246 cm³/mol. The highest BCUT2D eigenvalue weighted by Crippen LogP contribution is 2.42. The summed E-state index contributed by atoms with van der Waals surface area (Å²) in [6.45, 7) is 6.32. The van der Waals surface area contributed by atoms with Crippen LogP contribution in [-0.2, 0) is 38.9 Å². The zero-order valence-corrected chi connectivity index (χ0v) is 35.2. The van der Waals surface area contributed by atoms with Gasteiger partial charge in [0.2, 0.25) is 0 Å². The maximum absolute atomic E-state index is 6.86. The van der Waals surface area contributed by atoms with Crippen LogP contribution in [0, 0.1) is 0 Å². The lowest BCUT2D eigenvalue weighted by atomic mass is 9.90. The molecule has 0 unspecified atom stereocenters. The van der Waals surface area contributed by atoms with Gasteiger partial charge in [0.15, 0.2) is 0 Å². The highest BCUT2D eigenvalue weighted by Gasteiger charge is 2.24. The Kier molecular flexibility index (Phi) is 14.0. The Morgan fingerprint density at radius 3 is 0.900 bits per heavy atom. The molecular weight excluding hydrogens is 745 g/mol. The van der Waals surface area contributed by atoms with Gasteiger partial charge < -0.3 is 41.9 Å². The predicted octanol–water partition coefficient (Wildman–Crippen LogP) is 11.0. The van der Waals surface area contributed by atoms with Crippen LogP contribution in [-0.4, -0.2) is 13.2 Å². The number of nitrogen functional groups attached to an aromatic ring is 4. The summed E-state index contributed by atoms with van der Waals surface area (Å²) in [5.41, 5.74) is 39.5. The molecule has 6 aromatic rings. The topological polar surface area (TPSA) is 141 Å². The number of hydrogen-bond donors (Lipinski definition) is 4. The molecule has 7 rings (SSSR count). The maximum atomic E-state index is 6.86. The second-order valence-electron chi connectivity index (χ2n) is 16.0. The van der Waals surface area contributed by atoms with Crippen molar-refractivity contribution in [3.8, 4) is 23.0 Å². The molecule has 8 heteroatoms. The molecule has 0 radical (unpaired) electrons. The Hall–Kier alpha value is -6.28. The number of benzene rings is 6. The van der Waals surface area contributed by atoms with E-state index in [1.807, 2.05) is 84.9 Å². The van der Waals surface area contributed by atoms with E-state index in [-0.39, 0.29) is 0 Å². The summed E-state index contributed by atoms with van der Waals surface area (Å²) in [6, 6.07) is 36.6. The van der Waals surface area contributed by atoms with Crippen molar-refractivity contribution in [2.24, 2.45) is 0 Å². The summed E-state index contributed by atoms with van der Waals surface area (Å²) in [5.74, 6) is 3.17. The van der Waals surface area contributed by atoms with Crippen LogP contribution in [0.4, 0.5) is 22.7 Å². The molecule has 8 N–H and O–H groups in total. The van der Waals surface area contributed by atoms with Crippen molar-refractivity contribution in [1.29, 1.82) is 0 Å². The van der Waals surface area contributed by atoms with Gasteiger partial charge in [0.25, 0.3) is 0 Å².